The van der Waals surface area contributed by atoms with Gasteiger partial charge in [-0.3, -0.25) is 4.79 Å². The monoisotopic (exact) mass is 330 g/mol. The number of carbonyl (C=O) groups excluding carboxylic acids is 1. The molecule has 8 atom stereocenters. The van der Waals surface area contributed by atoms with Crippen LogP contribution < -0.4 is 0 Å². The SMILES string of the molecule is C[C@]12CC[C@@H](O)C[C@@H]1CCC1C3CC[C@@H]4CC(=O)CC[C@]34CCC12. The Labute approximate surface area is 146 Å². The number of hydrogen-bond donors (Lipinski definition) is 1. The highest BCUT2D eigenvalue weighted by atomic mass is 16.3. The van der Waals surface area contributed by atoms with Crippen LogP contribution in [0.3, 0.4) is 0 Å². The van der Waals surface area contributed by atoms with Gasteiger partial charge in [-0.25, -0.2) is 0 Å². The van der Waals surface area contributed by atoms with Crippen molar-refractivity contribution in [3.63, 3.8) is 0 Å². The van der Waals surface area contributed by atoms with Crippen molar-refractivity contribution < 1.29 is 9.90 Å². The lowest BCUT2D eigenvalue weighted by molar-refractivity contribution is -0.144. The third-order valence-electron chi connectivity index (χ3n) is 9.88. The average Bonchev–Trinajstić information content (AvgIpc) is 2.94. The minimum absolute atomic E-state index is 0.0326. The lowest BCUT2D eigenvalue weighted by Gasteiger charge is -2.62. The van der Waals surface area contributed by atoms with Crippen molar-refractivity contribution in [1.82, 2.24) is 0 Å². The number of ketones is 1. The molecule has 5 aliphatic rings. The van der Waals surface area contributed by atoms with Crippen LogP contribution in [0.5, 0.6) is 0 Å². The van der Waals surface area contributed by atoms with Gasteiger partial charge in [0.15, 0.2) is 0 Å². The maximum atomic E-state index is 12.0. The molecule has 2 heteroatoms. The zero-order chi connectivity index (χ0) is 16.5. The molecular formula is C22H34O2. The van der Waals surface area contributed by atoms with Crippen molar-refractivity contribution in [3.8, 4) is 0 Å². The first-order chi connectivity index (χ1) is 11.5. The molecule has 0 radical (unpaired) electrons. The molecule has 0 aromatic rings. The third-order valence-corrected chi connectivity index (χ3v) is 9.88. The normalized spacial score (nSPS) is 56.8. The van der Waals surface area contributed by atoms with E-state index in [1.54, 1.807) is 0 Å². The van der Waals surface area contributed by atoms with Crippen molar-refractivity contribution in [3.05, 3.63) is 0 Å². The second-order valence-corrected chi connectivity index (χ2v) is 10.4. The lowest BCUT2D eigenvalue weighted by atomic mass is 9.43. The Bertz CT molecular complexity index is 542. The maximum absolute atomic E-state index is 12.0. The summed E-state index contributed by atoms with van der Waals surface area (Å²) in [6.45, 7) is 2.58. The molecule has 5 aliphatic carbocycles. The number of hydrogen-bond acceptors (Lipinski definition) is 2. The minimum Gasteiger partial charge on any atom is -0.393 e. The van der Waals surface area contributed by atoms with Gasteiger partial charge in [0.25, 0.3) is 0 Å². The van der Waals surface area contributed by atoms with Gasteiger partial charge in [0.05, 0.1) is 6.10 Å². The van der Waals surface area contributed by atoms with Crippen LogP contribution in [0.4, 0.5) is 0 Å². The van der Waals surface area contributed by atoms with E-state index < -0.39 is 0 Å². The largest absolute Gasteiger partial charge is 0.393 e. The highest BCUT2D eigenvalue weighted by Gasteiger charge is 2.62. The van der Waals surface area contributed by atoms with Crippen molar-refractivity contribution in [2.45, 2.75) is 90.1 Å². The first-order valence-corrected chi connectivity index (χ1v) is 10.7. The quantitative estimate of drug-likeness (QED) is 0.696. The van der Waals surface area contributed by atoms with Crippen LogP contribution in [0, 0.1) is 40.4 Å². The van der Waals surface area contributed by atoms with Gasteiger partial charge in [0.2, 0.25) is 0 Å². The van der Waals surface area contributed by atoms with Crippen LogP contribution in [0.2, 0.25) is 0 Å². The van der Waals surface area contributed by atoms with E-state index in [4.69, 9.17) is 0 Å². The van der Waals surface area contributed by atoms with E-state index in [-0.39, 0.29) is 6.10 Å². The summed E-state index contributed by atoms with van der Waals surface area (Å²) in [6.07, 6.45) is 14.6. The van der Waals surface area contributed by atoms with Crippen LogP contribution in [0.1, 0.15) is 84.0 Å². The van der Waals surface area contributed by atoms with Gasteiger partial charge < -0.3 is 5.11 Å². The molecule has 0 bridgehead atoms. The van der Waals surface area contributed by atoms with Gasteiger partial charge in [0, 0.05) is 12.8 Å². The minimum atomic E-state index is -0.0326. The summed E-state index contributed by atoms with van der Waals surface area (Å²) >= 11 is 0. The first kappa shape index (κ1) is 15.9. The van der Waals surface area contributed by atoms with Gasteiger partial charge in [-0.15, -0.1) is 0 Å². The number of rotatable bonds is 0. The van der Waals surface area contributed by atoms with Crippen molar-refractivity contribution in [2.75, 3.05) is 0 Å². The van der Waals surface area contributed by atoms with Crippen molar-refractivity contribution >= 4 is 5.78 Å². The Hall–Kier alpha value is -0.370. The standard InChI is InChI=1S/C22H34O2/c1-21-9-6-16(23)12-14(21)2-4-18-19(21)8-11-22-10-7-17(24)13-15(22)3-5-20(18)22/h14-16,18-20,23H,2-13H2,1H3/t14-,15+,16+,18?,19?,20?,21-,22+/m0/s1. The molecule has 0 amide bonds. The predicted octanol–water partition coefficient (Wildman–Crippen LogP) is 4.74. The zero-order valence-corrected chi connectivity index (χ0v) is 15.3. The highest BCUT2D eigenvalue weighted by molar-refractivity contribution is 5.79. The molecule has 0 saturated heterocycles. The zero-order valence-electron chi connectivity index (χ0n) is 15.3. The van der Waals surface area contributed by atoms with E-state index >= 15 is 0 Å². The second kappa shape index (κ2) is 5.32. The molecule has 24 heavy (non-hydrogen) atoms. The topological polar surface area (TPSA) is 37.3 Å². The van der Waals surface area contributed by atoms with E-state index in [1.165, 1.54) is 51.4 Å². The van der Waals surface area contributed by atoms with Crippen molar-refractivity contribution in [1.29, 1.82) is 0 Å². The number of aliphatic hydroxyl groups is 1. The molecular weight excluding hydrogens is 296 g/mol. The Morgan fingerprint density at radius 2 is 1.75 bits per heavy atom. The number of Topliss-reactive ketones (excluding diaryl/α,β-unsaturated/α-hetero) is 1. The molecule has 134 valence electrons. The highest BCUT2D eigenvalue weighted by Crippen LogP contribution is 2.69. The number of carbonyl (C=O) groups is 1. The third kappa shape index (κ3) is 2.01. The van der Waals surface area contributed by atoms with Gasteiger partial charge in [-0.2, -0.15) is 0 Å². The molecule has 3 unspecified atom stereocenters. The van der Waals surface area contributed by atoms with E-state index in [1.807, 2.05) is 0 Å². The molecule has 0 aromatic heterocycles. The Kier molecular flexibility index (Phi) is 3.51. The molecule has 5 saturated carbocycles. The van der Waals surface area contributed by atoms with Gasteiger partial charge in [0.1, 0.15) is 5.78 Å². The molecule has 1 spiro atoms. The Morgan fingerprint density at radius 1 is 0.917 bits per heavy atom. The summed E-state index contributed by atoms with van der Waals surface area (Å²) in [5.41, 5.74) is 1.04. The van der Waals surface area contributed by atoms with E-state index in [2.05, 4.69) is 6.92 Å². The van der Waals surface area contributed by atoms with Crippen LogP contribution in [-0.4, -0.2) is 17.0 Å². The van der Waals surface area contributed by atoms with E-state index in [0.29, 0.717) is 16.6 Å². The van der Waals surface area contributed by atoms with E-state index in [9.17, 15) is 9.90 Å². The first-order valence-electron chi connectivity index (χ1n) is 10.7. The number of aliphatic hydroxyl groups excluding tert-OH is 1. The second-order valence-electron chi connectivity index (χ2n) is 10.4. The molecule has 2 nitrogen and oxygen atoms in total. The predicted molar refractivity (Wildman–Crippen MR) is 94.4 cm³/mol. The average molecular weight is 331 g/mol. The molecule has 0 heterocycles. The fourth-order valence-corrected chi connectivity index (χ4v) is 8.72. The summed E-state index contributed by atoms with van der Waals surface area (Å²) in [6, 6.07) is 0. The van der Waals surface area contributed by atoms with Crippen LogP contribution >= 0.6 is 0 Å². The Morgan fingerprint density at radius 3 is 2.62 bits per heavy atom. The number of fused-ring (bicyclic) bond motifs is 4. The van der Waals surface area contributed by atoms with E-state index in [0.717, 1.165) is 55.3 Å². The van der Waals surface area contributed by atoms with Gasteiger partial charge in [-0.05, 0) is 105 Å². The van der Waals surface area contributed by atoms with Crippen molar-refractivity contribution in [2.24, 2.45) is 40.4 Å². The summed E-state index contributed by atoms with van der Waals surface area (Å²) < 4.78 is 0. The summed E-state index contributed by atoms with van der Waals surface area (Å²) in [5, 5.41) is 10.2. The smallest absolute Gasteiger partial charge is 0.133 e. The van der Waals surface area contributed by atoms with Crippen LogP contribution in [0.15, 0.2) is 0 Å². The Balaban J connectivity index is 1.44. The molecule has 0 aromatic carbocycles. The summed E-state index contributed by atoms with van der Waals surface area (Å²) in [4.78, 5) is 12.0. The molecule has 5 rings (SSSR count). The van der Waals surface area contributed by atoms with Gasteiger partial charge in [-0.1, -0.05) is 6.92 Å². The van der Waals surface area contributed by atoms with Crippen LogP contribution in [-0.2, 0) is 4.79 Å². The summed E-state index contributed by atoms with van der Waals surface area (Å²) in [7, 11) is 0. The van der Waals surface area contributed by atoms with Crippen LogP contribution in [0.25, 0.3) is 0 Å². The fourth-order valence-electron chi connectivity index (χ4n) is 8.72. The molecule has 5 fully saturated rings. The lowest BCUT2D eigenvalue weighted by Crippen LogP contribution is -2.55. The fraction of sp³-hybridized carbons (Fsp3) is 0.955. The summed E-state index contributed by atoms with van der Waals surface area (Å²) in [5.74, 6) is 4.78. The molecule has 1 N–H and O–H groups in total. The molecule has 0 aliphatic heterocycles. The van der Waals surface area contributed by atoms with Gasteiger partial charge >= 0.3 is 0 Å². The maximum Gasteiger partial charge on any atom is 0.133 e.